The van der Waals surface area contributed by atoms with Crippen molar-refractivity contribution in [3.8, 4) is 51.0 Å². The summed E-state index contributed by atoms with van der Waals surface area (Å²) < 4.78 is 21.6. The van der Waals surface area contributed by atoms with Crippen LogP contribution in [0.2, 0.25) is 0 Å². The molecular weight excluding hydrogens is 350 g/mol. The van der Waals surface area contributed by atoms with E-state index in [0.717, 1.165) is 22.3 Å². The van der Waals surface area contributed by atoms with E-state index in [-0.39, 0.29) is 6.79 Å². The average Bonchev–Trinajstić information content (AvgIpc) is 3.48. The van der Waals surface area contributed by atoms with Crippen LogP contribution in [0.4, 0.5) is 0 Å². The van der Waals surface area contributed by atoms with Gasteiger partial charge < -0.3 is 18.7 Å². The number of methoxy groups -OCH3 is 1. The number of nitrogens with zero attached hydrogens (tertiary/aromatic N) is 4. The van der Waals surface area contributed by atoms with E-state index in [4.69, 9.17) is 18.7 Å². The van der Waals surface area contributed by atoms with Crippen molar-refractivity contribution in [3.63, 3.8) is 0 Å². The van der Waals surface area contributed by atoms with Crippen LogP contribution in [-0.4, -0.2) is 39.7 Å². The van der Waals surface area contributed by atoms with Crippen molar-refractivity contribution in [3.05, 3.63) is 42.7 Å². The van der Waals surface area contributed by atoms with Gasteiger partial charge in [0, 0.05) is 16.7 Å². The molecule has 0 spiro atoms. The highest BCUT2D eigenvalue weighted by atomic mass is 16.7. The molecule has 0 fully saturated rings. The molecule has 2 aromatic carbocycles. The second-order valence-corrected chi connectivity index (χ2v) is 5.82. The first kappa shape index (κ1) is 15.4. The Bertz CT molecular complexity index is 1090. The lowest BCUT2D eigenvalue weighted by Gasteiger charge is -2.08. The lowest BCUT2D eigenvalue weighted by atomic mass is 10.00. The summed E-state index contributed by atoms with van der Waals surface area (Å²) in [5, 5.41) is 18.0. The molecule has 0 radical (unpaired) electrons. The van der Waals surface area contributed by atoms with E-state index in [0.29, 0.717) is 28.8 Å². The maximum Gasteiger partial charge on any atom is 0.231 e. The highest BCUT2D eigenvalue weighted by Gasteiger charge is 2.23. The van der Waals surface area contributed by atoms with Gasteiger partial charge in [-0.2, -0.15) is 0 Å². The van der Waals surface area contributed by atoms with Crippen LogP contribution in [0.1, 0.15) is 0 Å². The van der Waals surface area contributed by atoms with E-state index in [1.54, 1.807) is 13.4 Å². The molecule has 4 aromatic rings. The number of hydrogen-bond donors (Lipinski definition) is 1. The standard InChI is InChI=1S/C18H13N5O4/c1-24-14-6-12(7-15-17(14)26-9-25-15)16-13(8-27-21-16)10-2-4-11(5-3-10)18-19-22-23-20-18/h2-8H,9H2,1H3,(H,19,20,22,23). The monoisotopic (exact) mass is 363 g/mol. The number of ether oxygens (including phenoxy) is 3. The zero-order valence-corrected chi connectivity index (χ0v) is 14.2. The first-order chi connectivity index (χ1) is 13.3. The molecular formula is C18H13N5O4. The Balaban J connectivity index is 1.55. The van der Waals surface area contributed by atoms with E-state index >= 15 is 0 Å². The summed E-state index contributed by atoms with van der Waals surface area (Å²) in [5.41, 5.74) is 4.16. The van der Waals surface area contributed by atoms with Crippen molar-refractivity contribution in [2.75, 3.05) is 13.9 Å². The number of nitrogens with one attached hydrogen (secondary N) is 1. The predicted octanol–water partition coefficient (Wildman–Crippen LogP) is 2.93. The van der Waals surface area contributed by atoms with Gasteiger partial charge in [0.1, 0.15) is 12.0 Å². The van der Waals surface area contributed by atoms with Crippen LogP contribution in [0.5, 0.6) is 17.2 Å². The zero-order valence-electron chi connectivity index (χ0n) is 14.2. The minimum absolute atomic E-state index is 0.165. The molecule has 0 amide bonds. The fraction of sp³-hybridized carbons (Fsp3) is 0.111. The molecule has 1 aliphatic heterocycles. The lowest BCUT2D eigenvalue weighted by molar-refractivity contribution is 0.171. The number of hydrogen-bond acceptors (Lipinski definition) is 8. The third-order valence-electron chi connectivity index (χ3n) is 4.32. The number of rotatable bonds is 4. The van der Waals surface area contributed by atoms with E-state index < -0.39 is 0 Å². The van der Waals surface area contributed by atoms with Gasteiger partial charge in [0.25, 0.3) is 0 Å². The molecule has 0 saturated carbocycles. The number of aromatic amines is 1. The largest absolute Gasteiger partial charge is 0.493 e. The van der Waals surface area contributed by atoms with E-state index in [1.807, 2.05) is 36.4 Å². The Morgan fingerprint density at radius 2 is 1.89 bits per heavy atom. The van der Waals surface area contributed by atoms with Crippen LogP contribution < -0.4 is 14.2 Å². The zero-order chi connectivity index (χ0) is 18.2. The number of benzene rings is 2. The maximum absolute atomic E-state index is 5.50. The molecule has 0 atom stereocenters. The molecule has 5 rings (SSSR count). The summed E-state index contributed by atoms with van der Waals surface area (Å²) in [6.45, 7) is 0.165. The highest BCUT2D eigenvalue weighted by Crippen LogP contribution is 2.45. The second kappa shape index (κ2) is 6.13. The average molecular weight is 363 g/mol. The van der Waals surface area contributed by atoms with Crippen molar-refractivity contribution >= 4 is 0 Å². The summed E-state index contributed by atoms with van der Waals surface area (Å²) in [5.74, 6) is 2.40. The van der Waals surface area contributed by atoms with Gasteiger partial charge >= 0.3 is 0 Å². The summed E-state index contributed by atoms with van der Waals surface area (Å²) >= 11 is 0. The van der Waals surface area contributed by atoms with Crippen LogP contribution in [0.15, 0.2) is 47.2 Å². The molecule has 1 aliphatic rings. The summed E-state index contributed by atoms with van der Waals surface area (Å²) in [6, 6.07) is 11.5. The smallest absolute Gasteiger partial charge is 0.231 e. The number of H-pyrrole nitrogens is 1. The first-order valence-electron chi connectivity index (χ1n) is 8.10. The quantitative estimate of drug-likeness (QED) is 0.589. The van der Waals surface area contributed by atoms with Crippen molar-refractivity contribution in [2.24, 2.45) is 0 Å². The minimum Gasteiger partial charge on any atom is -0.493 e. The van der Waals surface area contributed by atoms with Crippen molar-refractivity contribution in [2.45, 2.75) is 0 Å². The van der Waals surface area contributed by atoms with Crippen LogP contribution in [-0.2, 0) is 0 Å². The molecule has 0 saturated heterocycles. The molecule has 1 N–H and O–H groups in total. The summed E-state index contributed by atoms with van der Waals surface area (Å²) in [4.78, 5) is 0. The molecule has 0 unspecified atom stereocenters. The van der Waals surface area contributed by atoms with E-state index in [9.17, 15) is 0 Å². The summed E-state index contributed by atoms with van der Waals surface area (Å²) in [6.07, 6.45) is 1.61. The highest BCUT2D eigenvalue weighted by molar-refractivity contribution is 5.82. The first-order valence-corrected chi connectivity index (χ1v) is 8.10. The fourth-order valence-electron chi connectivity index (χ4n) is 3.01. The van der Waals surface area contributed by atoms with Crippen LogP contribution in [0, 0.1) is 0 Å². The molecule has 0 aliphatic carbocycles. The van der Waals surface area contributed by atoms with Crippen LogP contribution >= 0.6 is 0 Å². The Hall–Kier alpha value is -3.88. The molecule has 2 aromatic heterocycles. The minimum atomic E-state index is 0.165. The summed E-state index contributed by atoms with van der Waals surface area (Å²) in [7, 11) is 1.59. The van der Waals surface area contributed by atoms with Gasteiger partial charge in [-0.15, -0.1) is 5.10 Å². The number of fused-ring (bicyclic) bond motifs is 1. The van der Waals surface area contributed by atoms with E-state index in [2.05, 4.69) is 25.8 Å². The van der Waals surface area contributed by atoms with Crippen molar-refractivity contribution in [1.82, 2.24) is 25.8 Å². The van der Waals surface area contributed by atoms with Crippen molar-refractivity contribution < 1.29 is 18.7 Å². The molecule has 0 bridgehead atoms. The molecule has 134 valence electrons. The third-order valence-corrected chi connectivity index (χ3v) is 4.32. The van der Waals surface area contributed by atoms with Crippen LogP contribution in [0.3, 0.4) is 0 Å². The van der Waals surface area contributed by atoms with Crippen molar-refractivity contribution in [1.29, 1.82) is 0 Å². The fourth-order valence-corrected chi connectivity index (χ4v) is 3.01. The lowest BCUT2D eigenvalue weighted by Crippen LogP contribution is -1.93. The topological polar surface area (TPSA) is 108 Å². The Morgan fingerprint density at radius 1 is 1.04 bits per heavy atom. The second-order valence-electron chi connectivity index (χ2n) is 5.82. The Kier molecular flexibility index (Phi) is 3.49. The van der Waals surface area contributed by atoms with Gasteiger partial charge in [0.15, 0.2) is 17.3 Å². The predicted molar refractivity (Wildman–Crippen MR) is 93.2 cm³/mol. The SMILES string of the molecule is COc1cc(-c2nocc2-c2ccc(-c3nnn[nH]3)cc2)cc2c1OCO2. The molecule has 9 nitrogen and oxygen atoms in total. The Labute approximate surface area is 152 Å². The number of tetrazole rings is 1. The van der Waals surface area contributed by atoms with Gasteiger partial charge in [-0.1, -0.05) is 29.4 Å². The number of aromatic nitrogens is 5. The Morgan fingerprint density at radius 3 is 2.67 bits per heavy atom. The molecule has 9 heteroatoms. The van der Waals surface area contributed by atoms with Gasteiger partial charge in [-0.25, -0.2) is 5.10 Å². The van der Waals surface area contributed by atoms with Crippen LogP contribution in [0.25, 0.3) is 33.8 Å². The molecule has 27 heavy (non-hydrogen) atoms. The maximum atomic E-state index is 5.50. The van der Waals surface area contributed by atoms with Gasteiger partial charge in [-0.3, -0.25) is 0 Å². The normalized spacial score (nSPS) is 12.3. The third kappa shape index (κ3) is 2.56. The van der Waals surface area contributed by atoms with Gasteiger partial charge in [0.2, 0.25) is 12.5 Å². The van der Waals surface area contributed by atoms with E-state index in [1.165, 1.54) is 0 Å². The van der Waals surface area contributed by atoms with Gasteiger partial charge in [0.05, 0.1) is 7.11 Å². The molecule has 3 heterocycles. The van der Waals surface area contributed by atoms with Gasteiger partial charge in [-0.05, 0) is 28.1 Å².